The number of hydrogen-bond acceptors (Lipinski definition) is 4. The van der Waals surface area contributed by atoms with E-state index in [0.717, 1.165) is 30.0 Å². The molecule has 0 radical (unpaired) electrons. The highest BCUT2D eigenvalue weighted by Gasteiger charge is 2.34. The number of carbonyl (C=O) groups is 2. The number of likely N-dealkylation sites (tertiary alicyclic amines) is 1. The first-order valence-electron chi connectivity index (χ1n) is 9.97. The number of benzene rings is 1. The van der Waals surface area contributed by atoms with E-state index >= 15 is 0 Å². The molecule has 1 aromatic rings. The molecule has 2 aliphatic rings. The predicted octanol–water partition coefficient (Wildman–Crippen LogP) is 2.57. The second-order valence-electron chi connectivity index (χ2n) is 7.49. The van der Waals surface area contributed by atoms with Crippen LogP contribution in [-0.4, -0.2) is 61.0 Å². The van der Waals surface area contributed by atoms with Gasteiger partial charge < -0.3 is 20.1 Å². The van der Waals surface area contributed by atoms with E-state index in [1.807, 2.05) is 24.0 Å². The molecule has 0 spiro atoms. The summed E-state index contributed by atoms with van der Waals surface area (Å²) in [4.78, 5) is 30.2. The zero-order chi connectivity index (χ0) is 20.1. The van der Waals surface area contributed by atoms with Gasteiger partial charge in [-0.1, -0.05) is 6.07 Å². The van der Waals surface area contributed by atoms with E-state index < -0.39 is 5.97 Å². The van der Waals surface area contributed by atoms with Crippen molar-refractivity contribution < 1.29 is 19.4 Å². The smallest absolute Gasteiger partial charge is 0.317 e. The van der Waals surface area contributed by atoms with Crippen molar-refractivity contribution in [3.05, 3.63) is 29.3 Å². The third-order valence-corrected chi connectivity index (χ3v) is 5.71. The molecule has 2 unspecified atom stereocenters. The fraction of sp³-hybridized carbons (Fsp3) is 0.571. The minimum absolute atomic E-state index is 0.0434. The van der Waals surface area contributed by atoms with Crippen molar-refractivity contribution in [2.24, 2.45) is 16.8 Å². The van der Waals surface area contributed by atoms with Crippen LogP contribution in [0, 0.1) is 11.8 Å². The minimum Gasteiger partial charge on any atom is -0.497 e. The number of fused-ring (bicyclic) bond motifs is 1. The topological polar surface area (TPSA) is 91.2 Å². The third-order valence-electron chi connectivity index (χ3n) is 5.71. The van der Waals surface area contributed by atoms with Gasteiger partial charge in [-0.05, 0) is 55.7 Å². The highest BCUT2D eigenvalue weighted by molar-refractivity contribution is 6.03. The van der Waals surface area contributed by atoms with E-state index in [-0.39, 0.29) is 24.3 Å². The second kappa shape index (κ2) is 9.08. The summed E-state index contributed by atoms with van der Waals surface area (Å²) in [5, 5.41) is 12.2. The van der Waals surface area contributed by atoms with Crippen LogP contribution in [0.3, 0.4) is 0 Å². The molecule has 0 saturated carbocycles. The Balaban J connectivity index is 1.81. The lowest BCUT2D eigenvalue weighted by atomic mass is 9.78. The summed E-state index contributed by atoms with van der Waals surface area (Å²) in [6, 6.07) is 5.99. The van der Waals surface area contributed by atoms with Crippen molar-refractivity contribution in [1.29, 1.82) is 0 Å². The van der Waals surface area contributed by atoms with Gasteiger partial charge in [0, 0.05) is 43.9 Å². The monoisotopic (exact) mass is 387 g/mol. The molecule has 2 atom stereocenters. The van der Waals surface area contributed by atoms with Crippen molar-refractivity contribution in [3.8, 4) is 5.75 Å². The van der Waals surface area contributed by atoms with Crippen LogP contribution in [0.25, 0.3) is 0 Å². The molecule has 0 aromatic heterocycles. The van der Waals surface area contributed by atoms with Gasteiger partial charge in [0.05, 0.1) is 7.11 Å². The van der Waals surface area contributed by atoms with Crippen LogP contribution in [0.4, 0.5) is 4.79 Å². The summed E-state index contributed by atoms with van der Waals surface area (Å²) in [5.74, 6) is 0.127. The molecule has 28 heavy (non-hydrogen) atoms. The van der Waals surface area contributed by atoms with Gasteiger partial charge in [0.15, 0.2) is 0 Å². The number of urea groups is 1. The molecule has 1 aromatic carbocycles. The average molecular weight is 387 g/mol. The van der Waals surface area contributed by atoms with Gasteiger partial charge in [-0.25, -0.2) is 4.79 Å². The number of methoxy groups -OCH3 is 1. The summed E-state index contributed by atoms with van der Waals surface area (Å²) in [5.41, 5.74) is 3.34. The molecule has 7 heteroatoms. The van der Waals surface area contributed by atoms with E-state index in [0.29, 0.717) is 32.5 Å². The molecule has 3 rings (SSSR count). The summed E-state index contributed by atoms with van der Waals surface area (Å²) in [6.07, 6.45) is 2.41. The van der Waals surface area contributed by atoms with Crippen molar-refractivity contribution >= 4 is 17.7 Å². The number of aliphatic imine (C=N–C) groups is 1. The summed E-state index contributed by atoms with van der Waals surface area (Å²) in [7, 11) is 1.65. The maximum atomic E-state index is 12.3. The van der Waals surface area contributed by atoms with Crippen LogP contribution in [0.2, 0.25) is 0 Å². The fourth-order valence-corrected chi connectivity index (χ4v) is 4.24. The normalized spacial score (nSPS) is 21.5. The number of nitrogens with one attached hydrogen (secondary N) is 1. The van der Waals surface area contributed by atoms with E-state index in [1.54, 1.807) is 7.11 Å². The lowest BCUT2D eigenvalue weighted by molar-refractivity contribution is -0.138. The SMILES string of the molecule is CCNC(=O)N1CCC(CC(=O)O)C(CC2=NCCc3ccc(OC)cc32)C1. The maximum absolute atomic E-state index is 12.3. The summed E-state index contributed by atoms with van der Waals surface area (Å²) >= 11 is 0. The standard InChI is InChI=1S/C21H29N3O4/c1-3-22-21(27)24-9-7-15(11-20(25)26)16(13-24)10-19-18-12-17(28-2)5-4-14(18)6-8-23-19/h4-5,12,15-16H,3,6-11,13H2,1-2H3,(H,22,27)(H,25,26). The van der Waals surface area contributed by atoms with Crippen LogP contribution in [0.15, 0.2) is 23.2 Å². The number of rotatable bonds is 6. The highest BCUT2D eigenvalue weighted by atomic mass is 16.5. The number of carboxylic acid groups (broad SMARTS) is 1. The van der Waals surface area contributed by atoms with Crippen LogP contribution in [-0.2, 0) is 11.2 Å². The van der Waals surface area contributed by atoms with Gasteiger partial charge in [0.25, 0.3) is 0 Å². The molecule has 2 N–H and O–H groups in total. The molecule has 2 heterocycles. The Kier molecular flexibility index (Phi) is 6.54. The molecule has 7 nitrogen and oxygen atoms in total. The van der Waals surface area contributed by atoms with Gasteiger partial charge >= 0.3 is 12.0 Å². The average Bonchev–Trinajstić information content (AvgIpc) is 2.69. The van der Waals surface area contributed by atoms with E-state index in [2.05, 4.69) is 11.4 Å². The lowest BCUT2D eigenvalue weighted by Gasteiger charge is -2.38. The Labute approximate surface area is 165 Å². The molecular weight excluding hydrogens is 358 g/mol. The highest BCUT2D eigenvalue weighted by Crippen LogP contribution is 2.32. The molecular formula is C21H29N3O4. The number of piperidine rings is 1. The largest absolute Gasteiger partial charge is 0.497 e. The predicted molar refractivity (Wildman–Crippen MR) is 107 cm³/mol. The molecule has 0 aliphatic carbocycles. The molecule has 2 amide bonds. The van der Waals surface area contributed by atoms with Crippen molar-refractivity contribution in [3.63, 3.8) is 0 Å². The summed E-state index contributed by atoms with van der Waals surface area (Å²) < 4.78 is 5.37. The molecule has 1 fully saturated rings. The number of aliphatic carboxylic acids is 1. The number of carboxylic acids is 1. The zero-order valence-electron chi connectivity index (χ0n) is 16.6. The quantitative estimate of drug-likeness (QED) is 0.785. The number of carbonyl (C=O) groups excluding carboxylic acids is 1. The number of nitrogens with zero attached hydrogens (tertiary/aromatic N) is 2. The van der Waals surface area contributed by atoms with E-state index in [1.165, 1.54) is 5.56 Å². The van der Waals surface area contributed by atoms with Gasteiger partial charge in [0.1, 0.15) is 5.75 Å². The Morgan fingerprint density at radius 1 is 1.36 bits per heavy atom. The fourth-order valence-electron chi connectivity index (χ4n) is 4.24. The Bertz CT molecular complexity index is 762. The number of hydrogen-bond donors (Lipinski definition) is 2. The van der Waals surface area contributed by atoms with Crippen LogP contribution in [0.1, 0.15) is 37.3 Å². The first-order chi connectivity index (χ1) is 13.5. The Morgan fingerprint density at radius 3 is 2.89 bits per heavy atom. The van der Waals surface area contributed by atoms with E-state index in [4.69, 9.17) is 9.73 Å². The van der Waals surface area contributed by atoms with Gasteiger partial charge in [-0.15, -0.1) is 0 Å². The Hall–Kier alpha value is -2.57. The second-order valence-corrected chi connectivity index (χ2v) is 7.49. The first-order valence-corrected chi connectivity index (χ1v) is 9.97. The van der Waals surface area contributed by atoms with Gasteiger partial charge in [-0.2, -0.15) is 0 Å². The van der Waals surface area contributed by atoms with Gasteiger partial charge in [0.2, 0.25) is 0 Å². The van der Waals surface area contributed by atoms with E-state index in [9.17, 15) is 14.7 Å². The minimum atomic E-state index is -0.783. The van der Waals surface area contributed by atoms with Crippen LogP contribution < -0.4 is 10.1 Å². The summed E-state index contributed by atoms with van der Waals surface area (Å²) in [6.45, 7) is 4.37. The molecule has 0 bridgehead atoms. The number of ether oxygens (including phenoxy) is 1. The van der Waals surface area contributed by atoms with Crippen molar-refractivity contribution in [1.82, 2.24) is 10.2 Å². The van der Waals surface area contributed by atoms with Gasteiger partial charge in [-0.3, -0.25) is 9.79 Å². The number of amides is 2. The van der Waals surface area contributed by atoms with Crippen LogP contribution >= 0.6 is 0 Å². The maximum Gasteiger partial charge on any atom is 0.317 e. The lowest BCUT2D eigenvalue weighted by Crippen LogP contribution is -2.48. The molecule has 1 saturated heterocycles. The van der Waals surface area contributed by atoms with Crippen LogP contribution in [0.5, 0.6) is 5.75 Å². The molecule has 152 valence electrons. The van der Waals surface area contributed by atoms with Crippen molar-refractivity contribution in [2.45, 2.75) is 32.6 Å². The zero-order valence-corrected chi connectivity index (χ0v) is 16.6. The van der Waals surface area contributed by atoms with Crippen molar-refractivity contribution in [2.75, 3.05) is 33.3 Å². The Morgan fingerprint density at radius 2 is 2.18 bits per heavy atom. The molecule has 2 aliphatic heterocycles. The third kappa shape index (κ3) is 4.64. The first kappa shape index (κ1) is 20.2.